The minimum Gasteiger partial charge on any atom is -0.477 e. The van der Waals surface area contributed by atoms with Gasteiger partial charge < -0.3 is 5.11 Å². The van der Waals surface area contributed by atoms with Crippen LogP contribution >= 0.6 is 0 Å². The summed E-state index contributed by atoms with van der Waals surface area (Å²) in [5.74, 6) is -6.58. The van der Waals surface area contributed by atoms with Crippen LogP contribution in [-0.4, -0.2) is 25.7 Å². The standard InChI is InChI=1S/C10H7F3O4S/c1-18(16,17)8(10(14)15)4-5-2-6(11)9(13)7(12)3-5/h2-4H,1H3,(H,14,15). The highest BCUT2D eigenvalue weighted by Gasteiger charge is 2.20. The van der Waals surface area contributed by atoms with Gasteiger partial charge in [0.15, 0.2) is 32.2 Å². The van der Waals surface area contributed by atoms with Gasteiger partial charge in [0.2, 0.25) is 0 Å². The van der Waals surface area contributed by atoms with Crippen molar-refractivity contribution in [3.8, 4) is 0 Å². The molecule has 0 aliphatic heterocycles. The van der Waals surface area contributed by atoms with Gasteiger partial charge >= 0.3 is 5.97 Å². The predicted molar refractivity (Wildman–Crippen MR) is 56.8 cm³/mol. The number of hydrogen-bond acceptors (Lipinski definition) is 3. The van der Waals surface area contributed by atoms with E-state index >= 15 is 0 Å². The van der Waals surface area contributed by atoms with Crippen molar-refractivity contribution >= 4 is 21.9 Å². The summed E-state index contributed by atoms with van der Waals surface area (Å²) >= 11 is 0. The van der Waals surface area contributed by atoms with Crippen LogP contribution in [0.2, 0.25) is 0 Å². The number of sulfone groups is 1. The Bertz CT molecular complexity index is 612. The second-order valence-corrected chi connectivity index (χ2v) is 5.37. The van der Waals surface area contributed by atoms with Crippen LogP contribution in [0.1, 0.15) is 5.56 Å². The van der Waals surface area contributed by atoms with Gasteiger partial charge in [0.1, 0.15) is 0 Å². The highest BCUT2D eigenvalue weighted by molar-refractivity contribution is 7.95. The maximum atomic E-state index is 12.8. The highest BCUT2D eigenvalue weighted by Crippen LogP contribution is 2.17. The van der Waals surface area contributed by atoms with Crippen LogP contribution in [0.25, 0.3) is 6.08 Å². The van der Waals surface area contributed by atoms with E-state index in [0.717, 1.165) is 0 Å². The highest BCUT2D eigenvalue weighted by atomic mass is 32.2. The number of rotatable bonds is 3. The molecule has 0 saturated heterocycles. The van der Waals surface area contributed by atoms with Crippen molar-refractivity contribution in [1.29, 1.82) is 0 Å². The summed E-state index contributed by atoms with van der Waals surface area (Å²) in [5, 5.41) is 8.65. The minimum atomic E-state index is -4.08. The molecule has 0 heterocycles. The maximum absolute atomic E-state index is 12.8. The lowest BCUT2D eigenvalue weighted by Crippen LogP contribution is -2.11. The van der Waals surface area contributed by atoms with Gasteiger partial charge in [-0.1, -0.05) is 0 Å². The first kappa shape index (κ1) is 14.2. The van der Waals surface area contributed by atoms with E-state index in [-0.39, 0.29) is 0 Å². The van der Waals surface area contributed by atoms with E-state index in [4.69, 9.17) is 5.11 Å². The van der Waals surface area contributed by atoms with E-state index in [2.05, 4.69) is 0 Å². The molecule has 0 fully saturated rings. The Hall–Kier alpha value is -1.83. The van der Waals surface area contributed by atoms with E-state index in [0.29, 0.717) is 24.5 Å². The van der Waals surface area contributed by atoms with Crippen molar-refractivity contribution in [2.45, 2.75) is 0 Å². The molecule has 0 spiro atoms. The lowest BCUT2D eigenvalue weighted by atomic mass is 10.2. The zero-order valence-corrected chi connectivity index (χ0v) is 9.76. The molecule has 0 radical (unpaired) electrons. The Labute approximate surface area is 100 Å². The van der Waals surface area contributed by atoms with Crippen LogP contribution in [0.5, 0.6) is 0 Å². The number of hydrogen-bond donors (Lipinski definition) is 1. The molecular weight excluding hydrogens is 273 g/mol. The summed E-state index contributed by atoms with van der Waals surface area (Å²) in [6.45, 7) is 0. The zero-order valence-electron chi connectivity index (χ0n) is 8.95. The van der Waals surface area contributed by atoms with Crippen LogP contribution < -0.4 is 0 Å². The fraction of sp³-hybridized carbons (Fsp3) is 0.100. The molecule has 0 bridgehead atoms. The van der Waals surface area contributed by atoms with Crippen molar-refractivity contribution in [3.63, 3.8) is 0 Å². The fourth-order valence-electron chi connectivity index (χ4n) is 1.14. The summed E-state index contributed by atoms with van der Waals surface area (Å²) in [6.07, 6.45) is 1.17. The lowest BCUT2D eigenvalue weighted by molar-refractivity contribution is -0.131. The summed E-state index contributed by atoms with van der Waals surface area (Å²) in [6, 6.07) is 0.985. The fourth-order valence-corrected chi connectivity index (χ4v) is 1.80. The van der Waals surface area contributed by atoms with Gasteiger partial charge in [0, 0.05) is 6.26 Å². The monoisotopic (exact) mass is 280 g/mol. The van der Waals surface area contributed by atoms with Gasteiger partial charge in [0.05, 0.1) is 0 Å². The summed E-state index contributed by atoms with van der Waals surface area (Å²) in [4.78, 5) is 9.63. The minimum absolute atomic E-state index is 0.408. The molecule has 0 atom stereocenters. The molecule has 0 aliphatic rings. The molecule has 1 aromatic carbocycles. The molecule has 8 heteroatoms. The van der Waals surface area contributed by atoms with Crippen molar-refractivity contribution in [3.05, 3.63) is 40.1 Å². The number of halogens is 3. The third-order valence-corrected chi connectivity index (χ3v) is 3.01. The quantitative estimate of drug-likeness (QED) is 0.674. The van der Waals surface area contributed by atoms with Gasteiger partial charge in [-0.05, 0) is 23.8 Å². The molecule has 4 nitrogen and oxygen atoms in total. The largest absolute Gasteiger partial charge is 0.477 e. The number of carboxylic acid groups (broad SMARTS) is 1. The number of aliphatic carboxylic acids is 1. The molecular formula is C10H7F3O4S. The number of benzene rings is 1. The normalized spacial score (nSPS) is 12.6. The average molecular weight is 280 g/mol. The molecule has 0 amide bonds. The van der Waals surface area contributed by atoms with Crippen LogP contribution in [0.3, 0.4) is 0 Å². The van der Waals surface area contributed by atoms with Crippen molar-refractivity contribution in [1.82, 2.24) is 0 Å². The van der Waals surface area contributed by atoms with E-state index in [1.165, 1.54) is 0 Å². The van der Waals surface area contributed by atoms with Crippen molar-refractivity contribution in [2.75, 3.05) is 6.26 Å². The third-order valence-electron chi connectivity index (χ3n) is 1.91. The maximum Gasteiger partial charge on any atom is 0.347 e. The molecule has 0 aliphatic carbocycles. The van der Waals surface area contributed by atoms with E-state index in [1.54, 1.807) is 0 Å². The van der Waals surface area contributed by atoms with Gasteiger partial charge in [-0.25, -0.2) is 26.4 Å². The Morgan fingerprint density at radius 1 is 1.22 bits per heavy atom. The predicted octanol–water partition coefficient (Wildman–Crippen LogP) is 1.57. The van der Waals surface area contributed by atoms with E-state index < -0.39 is 43.7 Å². The first-order valence-corrected chi connectivity index (χ1v) is 6.31. The van der Waals surface area contributed by atoms with Gasteiger partial charge in [-0.3, -0.25) is 0 Å². The Morgan fingerprint density at radius 3 is 2.00 bits per heavy atom. The lowest BCUT2D eigenvalue weighted by Gasteiger charge is -2.01. The molecule has 0 saturated carbocycles. The Balaban J connectivity index is 3.44. The third kappa shape index (κ3) is 3.10. The van der Waals surface area contributed by atoms with Crippen LogP contribution in [0.4, 0.5) is 13.2 Å². The molecule has 98 valence electrons. The Morgan fingerprint density at radius 2 is 1.67 bits per heavy atom. The summed E-state index contributed by atoms with van der Waals surface area (Å²) in [7, 11) is -4.08. The summed E-state index contributed by atoms with van der Waals surface area (Å²) in [5.41, 5.74) is -0.408. The zero-order chi connectivity index (χ0) is 14.1. The molecule has 1 aromatic rings. The Kier molecular flexibility index (Phi) is 3.80. The topological polar surface area (TPSA) is 71.4 Å². The van der Waals surface area contributed by atoms with E-state index in [1.807, 2.05) is 0 Å². The SMILES string of the molecule is CS(=O)(=O)C(=Cc1cc(F)c(F)c(F)c1)C(=O)O. The molecule has 0 unspecified atom stereocenters. The molecule has 1 N–H and O–H groups in total. The van der Waals surface area contributed by atoms with Gasteiger partial charge in [0.25, 0.3) is 0 Å². The molecule has 1 rings (SSSR count). The van der Waals surface area contributed by atoms with Crippen LogP contribution in [0.15, 0.2) is 17.0 Å². The van der Waals surface area contributed by atoms with Crippen molar-refractivity contribution in [2.24, 2.45) is 0 Å². The average Bonchev–Trinajstić information content (AvgIpc) is 2.20. The van der Waals surface area contributed by atoms with Gasteiger partial charge in [-0.15, -0.1) is 0 Å². The van der Waals surface area contributed by atoms with Crippen LogP contribution in [0, 0.1) is 17.5 Å². The second kappa shape index (κ2) is 4.81. The number of carboxylic acids is 1. The molecule has 18 heavy (non-hydrogen) atoms. The number of carbonyl (C=O) groups is 1. The van der Waals surface area contributed by atoms with Crippen LogP contribution in [-0.2, 0) is 14.6 Å². The molecule has 0 aromatic heterocycles. The second-order valence-electron chi connectivity index (χ2n) is 3.38. The first-order valence-electron chi connectivity index (χ1n) is 4.42. The van der Waals surface area contributed by atoms with Gasteiger partial charge in [-0.2, -0.15) is 0 Å². The first-order chi connectivity index (χ1) is 8.12. The van der Waals surface area contributed by atoms with E-state index in [9.17, 15) is 26.4 Å². The van der Waals surface area contributed by atoms with Crippen molar-refractivity contribution < 1.29 is 31.5 Å². The smallest absolute Gasteiger partial charge is 0.347 e. The summed E-state index contributed by atoms with van der Waals surface area (Å²) < 4.78 is 60.5.